The van der Waals surface area contributed by atoms with Crippen LogP contribution in [0.4, 0.5) is 0 Å². The minimum Gasteiger partial charge on any atom is -0.393 e. The average Bonchev–Trinajstić information content (AvgIpc) is 1.86. The first kappa shape index (κ1) is 8.33. The molecule has 9 heavy (non-hydrogen) atoms. The zero-order chi connectivity index (χ0) is 7.49. The first-order valence-corrected chi connectivity index (χ1v) is 2.54. The van der Waals surface area contributed by atoms with Crippen LogP contribution in [-0.4, -0.2) is 28.2 Å². The predicted molar refractivity (Wildman–Crippen MR) is 32.9 cm³/mol. The van der Waals surface area contributed by atoms with Crippen molar-refractivity contribution in [3.8, 4) is 0 Å². The molecule has 0 spiro atoms. The van der Waals surface area contributed by atoms with Gasteiger partial charge in [-0.15, -0.1) is 0 Å². The Hall–Kier alpha value is -0.670. The topological polar surface area (TPSA) is 57.5 Å². The highest BCUT2D eigenvalue weighted by Crippen LogP contribution is 2.02. The number of aliphatic hydroxyl groups excluding tert-OH is 1. The van der Waals surface area contributed by atoms with Gasteiger partial charge in [0, 0.05) is 0 Å². The first-order valence-electron chi connectivity index (χ1n) is 2.54. The summed E-state index contributed by atoms with van der Waals surface area (Å²) in [5.74, 6) is -0.565. The molecule has 0 aliphatic heterocycles. The van der Waals surface area contributed by atoms with Gasteiger partial charge >= 0.3 is 0 Å². The highest BCUT2D eigenvalue weighted by atomic mass is 16.3. The standard InChI is InChI=1S/C6H10O3/c1-3-5(8)6(2,9)4-7/h3,7,9H,1,4H2,2H3. The van der Waals surface area contributed by atoms with Crippen LogP contribution in [0.3, 0.4) is 0 Å². The van der Waals surface area contributed by atoms with Crippen LogP contribution >= 0.6 is 0 Å². The van der Waals surface area contributed by atoms with Crippen molar-refractivity contribution >= 4 is 5.78 Å². The van der Waals surface area contributed by atoms with E-state index in [0.29, 0.717) is 0 Å². The molecule has 0 aromatic carbocycles. The fourth-order valence-corrected chi connectivity index (χ4v) is 0.298. The quantitative estimate of drug-likeness (QED) is 0.505. The Morgan fingerprint density at radius 3 is 2.44 bits per heavy atom. The molecule has 3 heteroatoms. The molecule has 0 bridgehead atoms. The number of hydrogen-bond acceptors (Lipinski definition) is 3. The molecule has 0 rings (SSSR count). The Morgan fingerprint density at radius 2 is 2.33 bits per heavy atom. The Bertz CT molecular complexity index is 126. The Kier molecular flexibility index (Phi) is 2.55. The van der Waals surface area contributed by atoms with Crippen molar-refractivity contribution in [1.29, 1.82) is 0 Å². The van der Waals surface area contributed by atoms with Gasteiger partial charge in [-0.25, -0.2) is 0 Å². The third-order valence-corrected chi connectivity index (χ3v) is 1.02. The van der Waals surface area contributed by atoms with Gasteiger partial charge in [0.15, 0.2) is 5.78 Å². The summed E-state index contributed by atoms with van der Waals surface area (Å²) in [4.78, 5) is 10.5. The fourth-order valence-electron chi connectivity index (χ4n) is 0.298. The molecule has 2 N–H and O–H groups in total. The summed E-state index contributed by atoms with van der Waals surface area (Å²) < 4.78 is 0. The summed E-state index contributed by atoms with van der Waals surface area (Å²) in [6, 6.07) is 0. The van der Waals surface area contributed by atoms with Crippen molar-refractivity contribution in [2.45, 2.75) is 12.5 Å². The van der Waals surface area contributed by atoms with Crippen LogP contribution in [-0.2, 0) is 4.79 Å². The summed E-state index contributed by atoms with van der Waals surface area (Å²) in [6.07, 6.45) is 0.982. The van der Waals surface area contributed by atoms with E-state index >= 15 is 0 Å². The highest BCUT2D eigenvalue weighted by molar-refractivity contribution is 5.96. The molecule has 52 valence electrons. The van der Waals surface area contributed by atoms with Gasteiger partial charge in [-0.05, 0) is 13.0 Å². The summed E-state index contributed by atoms with van der Waals surface area (Å²) in [5.41, 5.74) is -1.65. The number of carbonyl (C=O) groups is 1. The van der Waals surface area contributed by atoms with Crippen LogP contribution in [0.2, 0.25) is 0 Å². The molecule has 0 aliphatic carbocycles. The summed E-state index contributed by atoms with van der Waals surface area (Å²) >= 11 is 0. The van der Waals surface area contributed by atoms with Crippen LogP contribution in [0, 0.1) is 0 Å². The molecule has 1 unspecified atom stereocenters. The van der Waals surface area contributed by atoms with E-state index in [9.17, 15) is 4.79 Å². The lowest BCUT2D eigenvalue weighted by molar-refractivity contribution is -0.134. The van der Waals surface area contributed by atoms with Crippen molar-refractivity contribution in [3.05, 3.63) is 12.7 Å². The summed E-state index contributed by atoms with van der Waals surface area (Å²) in [5, 5.41) is 17.3. The minimum absolute atomic E-state index is 0.565. The van der Waals surface area contributed by atoms with Crippen LogP contribution in [0.1, 0.15) is 6.92 Å². The van der Waals surface area contributed by atoms with Crippen molar-refractivity contribution in [3.63, 3.8) is 0 Å². The molecular formula is C6H10O3. The molecule has 0 saturated carbocycles. The van der Waals surface area contributed by atoms with E-state index in [0.717, 1.165) is 6.08 Å². The van der Waals surface area contributed by atoms with E-state index in [1.165, 1.54) is 6.92 Å². The van der Waals surface area contributed by atoms with Gasteiger partial charge in [-0.2, -0.15) is 0 Å². The second-order valence-electron chi connectivity index (χ2n) is 2.00. The number of hydrogen-bond donors (Lipinski definition) is 2. The van der Waals surface area contributed by atoms with Gasteiger partial charge in [0.2, 0.25) is 0 Å². The molecule has 0 amide bonds. The van der Waals surface area contributed by atoms with Gasteiger partial charge in [-0.1, -0.05) is 6.58 Å². The van der Waals surface area contributed by atoms with Gasteiger partial charge in [-0.3, -0.25) is 4.79 Å². The van der Waals surface area contributed by atoms with Crippen LogP contribution in [0.5, 0.6) is 0 Å². The number of carbonyl (C=O) groups excluding carboxylic acids is 1. The van der Waals surface area contributed by atoms with Gasteiger partial charge in [0.1, 0.15) is 5.60 Å². The number of rotatable bonds is 3. The molecule has 0 heterocycles. The summed E-state index contributed by atoms with van der Waals surface area (Å²) in [7, 11) is 0. The van der Waals surface area contributed by atoms with Gasteiger partial charge < -0.3 is 10.2 Å². The highest BCUT2D eigenvalue weighted by Gasteiger charge is 2.25. The third kappa shape index (κ3) is 1.95. The fraction of sp³-hybridized carbons (Fsp3) is 0.500. The SMILES string of the molecule is C=CC(=O)C(C)(O)CO. The van der Waals surface area contributed by atoms with Gasteiger partial charge in [0.25, 0.3) is 0 Å². The molecule has 0 aromatic rings. The lowest BCUT2D eigenvalue weighted by Crippen LogP contribution is -2.37. The normalized spacial score (nSPS) is 16.3. The molecule has 0 aromatic heterocycles. The predicted octanol–water partition coefficient (Wildman–Crippen LogP) is -0.515. The Labute approximate surface area is 53.6 Å². The Morgan fingerprint density at radius 1 is 1.89 bits per heavy atom. The molecule has 0 fully saturated rings. The minimum atomic E-state index is -1.65. The zero-order valence-corrected chi connectivity index (χ0v) is 5.29. The van der Waals surface area contributed by atoms with Crippen molar-refractivity contribution in [2.24, 2.45) is 0 Å². The van der Waals surface area contributed by atoms with Gasteiger partial charge in [0.05, 0.1) is 6.61 Å². The maximum absolute atomic E-state index is 10.5. The number of aliphatic hydroxyl groups is 2. The van der Waals surface area contributed by atoms with E-state index in [2.05, 4.69) is 6.58 Å². The smallest absolute Gasteiger partial charge is 0.188 e. The van der Waals surface area contributed by atoms with Crippen molar-refractivity contribution in [2.75, 3.05) is 6.61 Å². The van der Waals surface area contributed by atoms with E-state index in [1.54, 1.807) is 0 Å². The lowest BCUT2D eigenvalue weighted by Gasteiger charge is -2.15. The molecule has 0 saturated heterocycles. The maximum atomic E-state index is 10.5. The molecule has 1 atom stereocenters. The molecule has 0 radical (unpaired) electrons. The molecule has 3 nitrogen and oxygen atoms in total. The van der Waals surface area contributed by atoms with E-state index in [4.69, 9.17) is 10.2 Å². The van der Waals surface area contributed by atoms with E-state index in [1.807, 2.05) is 0 Å². The van der Waals surface area contributed by atoms with Crippen molar-refractivity contribution < 1.29 is 15.0 Å². The Balaban J connectivity index is 4.13. The van der Waals surface area contributed by atoms with E-state index in [-0.39, 0.29) is 0 Å². The van der Waals surface area contributed by atoms with Crippen LogP contribution in [0.25, 0.3) is 0 Å². The second kappa shape index (κ2) is 2.75. The monoisotopic (exact) mass is 130 g/mol. The van der Waals surface area contributed by atoms with Crippen LogP contribution in [0.15, 0.2) is 12.7 Å². The third-order valence-electron chi connectivity index (χ3n) is 1.02. The lowest BCUT2D eigenvalue weighted by atomic mass is 10.0. The second-order valence-corrected chi connectivity index (χ2v) is 2.00. The van der Waals surface area contributed by atoms with E-state index < -0.39 is 18.0 Å². The average molecular weight is 130 g/mol. The molecular weight excluding hydrogens is 120 g/mol. The first-order chi connectivity index (χ1) is 4.04. The summed E-state index contributed by atoms with van der Waals surface area (Å²) in [6.45, 7) is 3.82. The number of ketones is 1. The largest absolute Gasteiger partial charge is 0.393 e. The van der Waals surface area contributed by atoms with Crippen LogP contribution < -0.4 is 0 Å². The zero-order valence-electron chi connectivity index (χ0n) is 5.29. The maximum Gasteiger partial charge on any atom is 0.188 e. The van der Waals surface area contributed by atoms with Crippen molar-refractivity contribution in [1.82, 2.24) is 0 Å². The molecule has 0 aliphatic rings.